The number of fused-ring (bicyclic) bond motifs is 2. The molecule has 0 bridgehead atoms. The van der Waals surface area contributed by atoms with Crippen LogP contribution in [0.1, 0.15) is 54.4 Å². The van der Waals surface area contributed by atoms with Gasteiger partial charge in [0, 0.05) is 18.0 Å². The van der Waals surface area contributed by atoms with Gasteiger partial charge in [-0.15, -0.1) is 0 Å². The second-order valence-corrected chi connectivity index (χ2v) is 7.02. The Morgan fingerprint density at radius 2 is 2.21 bits per heavy atom. The lowest BCUT2D eigenvalue weighted by Crippen LogP contribution is -2.55. The molecule has 0 unspecified atom stereocenters. The van der Waals surface area contributed by atoms with Gasteiger partial charge in [0.25, 0.3) is 5.91 Å². The molecule has 128 valence electrons. The molecule has 1 aliphatic carbocycles. The Labute approximate surface area is 141 Å². The van der Waals surface area contributed by atoms with E-state index in [1.54, 1.807) is 7.11 Å². The van der Waals surface area contributed by atoms with E-state index in [2.05, 4.69) is 0 Å². The highest BCUT2D eigenvalue weighted by atomic mass is 16.5. The van der Waals surface area contributed by atoms with E-state index in [4.69, 9.17) is 9.47 Å². The van der Waals surface area contributed by atoms with Crippen LogP contribution in [0.4, 0.5) is 0 Å². The minimum Gasteiger partial charge on any atom is -0.497 e. The first-order valence-electron chi connectivity index (χ1n) is 8.78. The van der Waals surface area contributed by atoms with Crippen molar-refractivity contribution in [2.45, 2.75) is 44.6 Å². The fourth-order valence-electron chi connectivity index (χ4n) is 5.05. The Morgan fingerprint density at radius 1 is 1.38 bits per heavy atom. The molecule has 4 rings (SSSR count). The van der Waals surface area contributed by atoms with Gasteiger partial charge >= 0.3 is 5.97 Å². The zero-order chi connectivity index (χ0) is 16.9. The molecule has 0 radical (unpaired) electrons. The average Bonchev–Trinajstić information content (AvgIpc) is 3.01. The van der Waals surface area contributed by atoms with E-state index in [0.717, 1.165) is 30.4 Å². The smallest absolute Gasteiger partial charge is 0.314 e. The summed E-state index contributed by atoms with van der Waals surface area (Å²) in [5.74, 6) is 0.821. The van der Waals surface area contributed by atoms with Gasteiger partial charge in [0.2, 0.25) is 0 Å². The van der Waals surface area contributed by atoms with E-state index in [9.17, 15) is 9.59 Å². The third-order valence-corrected chi connectivity index (χ3v) is 6.05. The highest BCUT2D eigenvalue weighted by Crippen LogP contribution is 2.56. The largest absolute Gasteiger partial charge is 0.497 e. The summed E-state index contributed by atoms with van der Waals surface area (Å²) < 4.78 is 10.7. The molecule has 0 aromatic heterocycles. The molecule has 2 fully saturated rings. The average molecular weight is 329 g/mol. The number of ether oxygens (including phenoxy) is 2. The molecule has 2 heterocycles. The fraction of sp³-hybridized carbons (Fsp3) is 0.579. The molecule has 3 atom stereocenters. The maximum atomic E-state index is 13.0. The third-order valence-electron chi connectivity index (χ3n) is 6.05. The molecule has 24 heavy (non-hydrogen) atoms. The number of carbonyl (C=O) groups excluding carboxylic acids is 2. The number of hydrogen-bond donors (Lipinski definition) is 0. The molecule has 0 N–H and O–H groups in total. The number of nitrogens with zero attached hydrogens (tertiary/aromatic N) is 1. The molecule has 1 aromatic rings. The standard InChI is InChI=1S/C19H23NO4/c1-3-24-18(22)19-8-4-5-14-13-7-6-12(23-2)11-15(13)17(21)20(10-9-19)16(14)19/h6-7,11,14,16H,3-5,8-10H2,1-2H3/t14-,16+,19-/m0/s1. The number of rotatable bonds is 3. The topological polar surface area (TPSA) is 55.8 Å². The second kappa shape index (κ2) is 5.50. The van der Waals surface area contributed by atoms with Crippen molar-refractivity contribution in [1.29, 1.82) is 0 Å². The van der Waals surface area contributed by atoms with Crippen molar-refractivity contribution in [2.24, 2.45) is 5.41 Å². The molecule has 2 aliphatic heterocycles. The van der Waals surface area contributed by atoms with E-state index < -0.39 is 5.41 Å². The second-order valence-electron chi connectivity index (χ2n) is 7.02. The molecule has 1 saturated carbocycles. The minimum absolute atomic E-state index is 0.0261. The predicted molar refractivity (Wildman–Crippen MR) is 88.1 cm³/mol. The summed E-state index contributed by atoms with van der Waals surface area (Å²) in [5, 5.41) is 0. The van der Waals surface area contributed by atoms with Crippen molar-refractivity contribution >= 4 is 11.9 Å². The molecule has 3 aliphatic rings. The van der Waals surface area contributed by atoms with E-state index in [-0.39, 0.29) is 23.8 Å². The first kappa shape index (κ1) is 15.5. The maximum Gasteiger partial charge on any atom is 0.314 e. The van der Waals surface area contributed by atoms with E-state index in [1.165, 1.54) is 0 Å². The Bertz CT molecular complexity index is 701. The summed E-state index contributed by atoms with van der Waals surface area (Å²) in [6.07, 6.45) is 3.54. The monoisotopic (exact) mass is 329 g/mol. The van der Waals surface area contributed by atoms with Crippen LogP contribution in [0.5, 0.6) is 5.75 Å². The lowest BCUT2D eigenvalue weighted by molar-refractivity contribution is -0.159. The van der Waals surface area contributed by atoms with Crippen LogP contribution in [0.2, 0.25) is 0 Å². The van der Waals surface area contributed by atoms with Gasteiger partial charge < -0.3 is 14.4 Å². The quantitative estimate of drug-likeness (QED) is 0.800. The van der Waals surface area contributed by atoms with Crippen molar-refractivity contribution in [3.63, 3.8) is 0 Å². The molecule has 5 nitrogen and oxygen atoms in total. The summed E-state index contributed by atoms with van der Waals surface area (Å²) in [4.78, 5) is 27.7. The Kier molecular flexibility index (Phi) is 3.55. The third kappa shape index (κ3) is 1.93. The van der Waals surface area contributed by atoms with Gasteiger partial charge in [-0.3, -0.25) is 9.59 Å². The molecule has 1 aromatic carbocycles. The summed E-state index contributed by atoms with van der Waals surface area (Å²) in [6.45, 7) is 2.87. The van der Waals surface area contributed by atoms with Crippen LogP contribution >= 0.6 is 0 Å². The van der Waals surface area contributed by atoms with Gasteiger partial charge in [0.05, 0.1) is 25.2 Å². The van der Waals surface area contributed by atoms with Crippen LogP contribution < -0.4 is 4.74 Å². The number of esters is 1. The summed E-state index contributed by atoms with van der Waals surface area (Å²) in [7, 11) is 1.61. The van der Waals surface area contributed by atoms with E-state index >= 15 is 0 Å². The molecular weight excluding hydrogens is 306 g/mol. The van der Waals surface area contributed by atoms with Gasteiger partial charge in [-0.1, -0.05) is 12.5 Å². The van der Waals surface area contributed by atoms with Crippen molar-refractivity contribution in [1.82, 2.24) is 4.90 Å². The van der Waals surface area contributed by atoms with Gasteiger partial charge in [0.15, 0.2) is 0 Å². The molecule has 1 saturated heterocycles. The highest BCUT2D eigenvalue weighted by Gasteiger charge is 2.61. The number of amides is 1. The summed E-state index contributed by atoms with van der Waals surface area (Å²) in [5.41, 5.74) is 1.28. The predicted octanol–water partition coefficient (Wildman–Crippen LogP) is 2.74. The highest BCUT2D eigenvalue weighted by molar-refractivity contribution is 5.99. The van der Waals surface area contributed by atoms with Gasteiger partial charge in [-0.25, -0.2) is 0 Å². The van der Waals surface area contributed by atoms with Gasteiger partial charge in [-0.05, 0) is 43.9 Å². The Balaban J connectivity index is 1.81. The lowest BCUT2D eigenvalue weighted by atomic mass is 9.62. The summed E-state index contributed by atoms with van der Waals surface area (Å²) >= 11 is 0. The van der Waals surface area contributed by atoms with Crippen molar-refractivity contribution in [2.75, 3.05) is 20.3 Å². The van der Waals surface area contributed by atoms with E-state index in [0.29, 0.717) is 25.3 Å². The lowest BCUT2D eigenvalue weighted by Gasteiger charge is -2.48. The number of methoxy groups -OCH3 is 1. The van der Waals surface area contributed by atoms with Crippen molar-refractivity contribution in [3.8, 4) is 5.75 Å². The molecule has 5 heteroatoms. The minimum atomic E-state index is -0.522. The first-order chi connectivity index (χ1) is 11.6. The molecule has 1 amide bonds. The van der Waals surface area contributed by atoms with Crippen LogP contribution in [0.15, 0.2) is 18.2 Å². The number of carbonyl (C=O) groups is 2. The van der Waals surface area contributed by atoms with Crippen LogP contribution in [0.25, 0.3) is 0 Å². The fourth-order valence-corrected chi connectivity index (χ4v) is 5.05. The zero-order valence-electron chi connectivity index (χ0n) is 14.2. The van der Waals surface area contributed by atoms with Gasteiger partial charge in [0.1, 0.15) is 5.75 Å². The van der Waals surface area contributed by atoms with Crippen molar-refractivity contribution in [3.05, 3.63) is 29.3 Å². The Morgan fingerprint density at radius 3 is 2.96 bits per heavy atom. The maximum absolute atomic E-state index is 13.0. The number of hydrogen-bond acceptors (Lipinski definition) is 4. The Hall–Kier alpha value is -2.04. The molecule has 0 spiro atoms. The van der Waals surface area contributed by atoms with E-state index in [1.807, 2.05) is 30.0 Å². The molecular formula is C19H23NO4. The van der Waals surface area contributed by atoms with Crippen LogP contribution in [0, 0.1) is 5.41 Å². The SMILES string of the molecule is CCOC(=O)[C@@]12CCC[C@H]3c4ccc(OC)cc4C(=O)N(CC1)[C@H]32. The normalized spacial score (nSPS) is 30.6. The summed E-state index contributed by atoms with van der Waals surface area (Å²) in [6, 6.07) is 5.71. The van der Waals surface area contributed by atoms with Gasteiger partial charge in [-0.2, -0.15) is 0 Å². The van der Waals surface area contributed by atoms with Crippen LogP contribution in [-0.4, -0.2) is 43.1 Å². The van der Waals surface area contributed by atoms with Crippen molar-refractivity contribution < 1.29 is 19.1 Å². The number of benzene rings is 1. The van der Waals surface area contributed by atoms with Crippen LogP contribution in [0.3, 0.4) is 0 Å². The van der Waals surface area contributed by atoms with Crippen LogP contribution in [-0.2, 0) is 9.53 Å². The first-order valence-corrected chi connectivity index (χ1v) is 8.78. The zero-order valence-corrected chi connectivity index (χ0v) is 14.2.